The van der Waals surface area contributed by atoms with Crippen LogP contribution in [-0.4, -0.2) is 35.8 Å². The number of Topliss-reactive ketones (excluding diaryl/α,β-unsaturated/α-hetero) is 1. The van der Waals surface area contributed by atoms with Crippen LogP contribution in [0.5, 0.6) is 0 Å². The van der Waals surface area contributed by atoms with Crippen molar-refractivity contribution in [2.45, 2.75) is 30.3 Å². The highest BCUT2D eigenvalue weighted by molar-refractivity contribution is 8.00. The third-order valence-electron chi connectivity index (χ3n) is 4.57. The fourth-order valence-electron chi connectivity index (χ4n) is 2.80. The molecule has 9 heteroatoms. The van der Waals surface area contributed by atoms with Crippen LogP contribution in [-0.2, 0) is 20.6 Å². The molecule has 0 amide bonds. The van der Waals surface area contributed by atoms with Crippen molar-refractivity contribution in [1.82, 2.24) is 18.7 Å². The Morgan fingerprint density at radius 1 is 1.14 bits per heavy atom. The molecule has 0 spiro atoms. The lowest BCUT2D eigenvalue weighted by atomic mass is 10.1. The second kappa shape index (κ2) is 7.40. The summed E-state index contributed by atoms with van der Waals surface area (Å²) in [6.45, 7) is 4.23. The minimum Gasteiger partial charge on any atom is -0.329 e. The second-order valence-corrected chi connectivity index (χ2v) is 8.89. The lowest BCUT2D eigenvalue weighted by molar-refractivity contribution is 0.0970. The Morgan fingerprint density at radius 3 is 2.39 bits per heavy atom. The summed E-state index contributed by atoms with van der Waals surface area (Å²) in [5, 5.41) is 0.480. The maximum atomic E-state index is 12.8. The molecule has 0 unspecified atom stereocenters. The van der Waals surface area contributed by atoms with Crippen LogP contribution in [0.15, 0.2) is 45.1 Å². The molecular weight excluding hydrogens is 378 g/mol. The number of carbonyl (C=O) groups is 1. The Hall–Kier alpha value is -2.65. The van der Waals surface area contributed by atoms with Crippen LogP contribution >= 0.6 is 11.8 Å². The Kier molecular flexibility index (Phi) is 5.31. The first-order valence-corrected chi connectivity index (χ1v) is 9.61. The van der Waals surface area contributed by atoms with E-state index in [-0.39, 0.29) is 28.2 Å². The molecule has 0 saturated heterocycles. The topological polar surface area (TPSA) is 105 Å². The second-order valence-electron chi connectivity index (χ2n) is 7.21. The molecule has 3 aromatic rings. The van der Waals surface area contributed by atoms with Crippen molar-refractivity contribution >= 4 is 28.7 Å². The fourth-order valence-corrected chi connectivity index (χ4v) is 3.77. The number of hydrogen-bond acceptors (Lipinski definition) is 6. The van der Waals surface area contributed by atoms with Crippen molar-refractivity contribution in [1.29, 1.82) is 0 Å². The summed E-state index contributed by atoms with van der Waals surface area (Å²) in [6.07, 6.45) is 0. The summed E-state index contributed by atoms with van der Waals surface area (Å²) >= 11 is 1.38. The number of rotatable bonds is 6. The van der Waals surface area contributed by atoms with Crippen LogP contribution in [0.3, 0.4) is 0 Å². The molecule has 0 aliphatic heterocycles. The molecule has 8 nitrogen and oxygen atoms in total. The first-order chi connectivity index (χ1) is 13.2. The zero-order valence-corrected chi connectivity index (χ0v) is 17.1. The molecule has 1 aromatic carbocycles. The van der Waals surface area contributed by atoms with E-state index >= 15 is 0 Å². The number of fused-ring (bicyclic) bond motifs is 1. The summed E-state index contributed by atoms with van der Waals surface area (Å²) in [5.74, 6) is -0.150. The normalized spacial score (nSPS) is 11.9. The Balaban J connectivity index is 2.24. The number of ketones is 1. The van der Waals surface area contributed by atoms with Crippen LogP contribution in [0.4, 0.5) is 0 Å². The number of nitrogens with two attached hydrogens (primary N) is 1. The first-order valence-electron chi connectivity index (χ1n) is 8.80. The average Bonchev–Trinajstić information content (AvgIpc) is 3.02. The highest BCUT2D eigenvalue weighted by Crippen LogP contribution is 2.32. The van der Waals surface area contributed by atoms with Gasteiger partial charge in [0.15, 0.2) is 22.1 Å². The molecule has 0 aliphatic carbocycles. The van der Waals surface area contributed by atoms with Crippen LogP contribution in [0.1, 0.15) is 24.2 Å². The Morgan fingerprint density at radius 2 is 1.79 bits per heavy atom. The molecule has 3 rings (SSSR count). The summed E-state index contributed by atoms with van der Waals surface area (Å²) in [7, 11) is 2.97. The van der Waals surface area contributed by atoms with Crippen molar-refractivity contribution in [3.63, 3.8) is 0 Å². The van der Waals surface area contributed by atoms with Crippen molar-refractivity contribution in [3.05, 3.63) is 56.7 Å². The third-order valence-corrected chi connectivity index (χ3v) is 5.78. The van der Waals surface area contributed by atoms with Gasteiger partial charge in [0.2, 0.25) is 0 Å². The lowest BCUT2D eigenvalue weighted by Crippen LogP contribution is -2.37. The van der Waals surface area contributed by atoms with E-state index in [9.17, 15) is 14.4 Å². The van der Waals surface area contributed by atoms with E-state index in [4.69, 9.17) is 5.73 Å². The zero-order chi connectivity index (χ0) is 20.6. The zero-order valence-electron chi connectivity index (χ0n) is 16.3. The van der Waals surface area contributed by atoms with Crippen molar-refractivity contribution in [2.75, 3.05) is 6.54 Å². The number of benzene rings is 1. The predicted octanol–water partition coefficient (Wildman–Crippen LogP) is 1.15. The maximum Gasteiger partial charge on any atom is 0.332 e. The van der Waals surface area contributed by atoms with E-state index < -0.39 is 11.2 Å². The van der Waals surface area contributed by atoms with Crippen molar-refractivity contribution in [2.24, 2.45) is 19.8 Å². The molecule has 0 atom stereocenters. The molecule has 2 heterocycles. The van der Waals surface area contributed by atoms with Crippen LogP contribution < -0.4 is 17.0 Å². The summed E-state index contributed by atoms with van der Waals surface area (Å²) in [6, 6.07) is 8.86. The van der Waals surface area contributed by atoms with E-state index in [2.05, 4.69) is 4.98 Å². The number of nitrogens with zero attached hydrogens (tertiary/aromatic N) is 4. The van der Waals surface area contributed by atoms with E-state index in [1.54, 1.807) is 35.9 Å². The molecule has 0 bridgehead atoms. The van der Waals surface area contributed by atoms with Gasteiger partial charge in [0.05, 0.1) is 6.54 Å². The van der Waals surface area contributed by atoms with Gasteiger partial charge < -0.3 is 10.3 Å². The third kappa shape index (κ3) is 3.55. The largest absolute Gasteiger partial charge is 0.332 e. The van der Waals surface area contributed by atoms with Gasteiger partial charge in [0, 0.05) is 31.0 Å². The molecule has 0 saturated carbocycles. The first kappa shape index (κ1) is 20.1. The molecule has 0 aliphatic rings. The maximum absolute atomic E-state index is 12.8. The SMILES string of the molecule is Cn1c(=O)c2c(nc(SC(C)(C)CN)n2CC(=O)c2ccccc2)n(C)c1=O. The summed E-state index contributed by atoms with van der Waals surface area (Å²) < 4.78 is 3.57. The number of aromatic nitrogens is 4. The number of hydrogen-bond donors (Lipinski definition) is 1. The summed E-state index contributed by atoms with van der Waals surface area (Å²) in [4.78, 5) is 42.5. The van der Waals surface area contributed by atoms with Gasteiger partial charge in [-0.3, -0.25) is 18.7 Å². The smallest absolute Gasteiger partial charge is 0.329 e. The van der Waals surface area contributed by atoms with E-state index in [1.807, 2.05) is 19.9 Å². The number of carbonyl (C=O) groups excluding carboxylic acids is 1. The van der Waals surface area contributed by atoms with Crippen molar-refractivity contribution < 1.29 is 4.79 Å². The van der Waals surface area contributed by atoms with Crippen LogP contribution in [0, 0.1) is 0 Å². The van der Waals surface area contributed by atoms with Gasteiger partial charge in [0.1, 0.15) is 0 Å². The van der Waals surface area contributed by atoms with E-state index in [0.717, 1.165) is 4.57 Å². The monoisotopic (exact) mass is 401 g/mol. The molecule has 2 N–H and O–H groups in total. The molecule has 2 aromatic heterocycles. The van der Waals surface area contributed by atoms with Gasteiger partial charge in [0.25, 0.3) is 5.56 Å². The number of thioether (sulfide) groups is 1. The lowest BCUT2D eigenvalue weighted by Gasteiger charge is -2.21. The molecule has 0 radical (unpaired) electrons. The van der Waals surface area contributed by atoms with Gasteiger partial charge in [-0.1, -0.05) is 42.1 Å². The van der Waals surface area contributed by atoms with Crippen LogP contribution in [0.2, 0.25) is 0 Å². The van der Waals surface area contributed by atoms with Gasteiger partial charge in [-0.15, -0.1) is 0 Å². The molecule has 28 heavy (non-hydrogen) atoms. The Bertz CT molecular complexity index is 1160. The average molecular weight is 401 g/mol. The van der Waals surface area contributed by atoms with Gasteiger partial charge in [-0.2, -0.15) is 0 Å². The van der Waals surface area contributed by atoms with E-state index in [1.165, 1.54) is 23.4 Å². The van der Waals surface area contributed by atoms with Gasteiger partial charge >= 0.3 is 5.69 Å². The van der Waals surface area contributed by atoms with Crippen LogP contribution in [0.25, 0.3) is 11.2 Å². The van der Waals surface area contributed by atoms with Gasteiger partial charge in [-0.25, -0.2) is 9.78 Å². The Labute approximate surface area is 166 Å². The molecule has 148 valence electrons. The van der Waals surface area contributed by atoms with Crippen molar-refractivity contribution in [3.8, 4) is 0 Å². The van der Waals surface area contributed by atoms with E-state index in [0.29, 0.717) is 17.3 Å². The molecular formula is C19H23N5O3S. The number of aryl methyl sites for hydroxylation is 1. The van der Waals surface area contributed by atoms with Gasteiger partial charge in [-0.05, 0) is 13.8 Å². The minimum absolute atomic E-state index is 0.0586. The number of imidazole rings is 1. The summed E-state index contributed by atoms with van der Waals surface area (Å²) in [5.41, 5.74) is 5.93. The fraction of sp³-hybridized carbons (Fsp3) is 0.368. The standard InChI is InChI=1S/C19H23N5O3S/c1-19(2,11-20)28-17-21-15-14(16(26)23(4)18(27)22(15)3)24(17)10-13(25)12-8-6-5-7-9-12/h5-9H,10-11,20H2,1-4H3. The minimum atomic E-state index is -0.483. The molecule has 0 fully saturated rings. The predicted molar refractivity (Wildman–Crippen MR) is 110 cm³/mol. The highest BCUT2D eigenvalue weighted by Gasteiger charge is 2.26. The quantitative estimate of drug-likeness (QED) is 0.491. The highest BCUT2D eigenvalue weighted by atomic mass is 32.2.